The van der Waals surface area contributed by atoms with Crippen molar-refractivity contribution in [2.75, 3.05) is 0 Å². The van der Waals surface area contributed by atoms with Crippen LogP contribution in [0.15, 0.2) is 114 Å². The predicted octanol–water partition coefficient (Wildman–Crippen LogP) is 7.91. The first-order chi connectivity index (χ1) is 18.4. The molecule has 6 rings (SSSR count). The third-order valence-corrected chi connectivity index (χ3v) is 24.7. The van der Waals surface area contributed by atoms with Crippen molar-refractivity contribution < 1.29 is 27.1 Å². The Kier molecular flexibility index (Phi) is 8.35. The topological polar surface area (TPSA) is 0 Å². The van der Waals surface area contributed by atoms with Gasteiger partial charge in [-0.05, 0) is 0 Å². The van der Waals surface area contributed by atoms with Gasteiger partial charge in [0.05, 0.1) is 0 Å². The van der Waals surface area contributed by atoms with Gasteiger partial charge in [0.1, 0.15) is 0 Å². The van der Waals surface area contributed by atoms with Crippen molar-refractivity contribution in [2.45, 2.75) is 12.8 Å². The van der Waals surface area contributed by atoms with E-state index in [1.54, 1.807) is 24.3 Å². The molecule has 0 heterocycles. The van der Waals surface area contributed by atoms with Crippen LogP contribution in [0.4, 0.5) is 8.78 Å². The van der Waals surface area contributed by atoms with Gasteiger partial charge < -0.3 is 0 Å². The molecule has 2 aliphatic rings. The van der Waals surface area contributed by atoms with Gasteiger partial charge in [-0.2, -0.15) is 0 Å². The molecule has 4 aromatic rings. The minimum atomic E-state index is -5.17. The molecule has 0 unspecified atom stereocenters. The minimum Gasteiger partial charge on any atom is -0.147 e. The number of allylic oxidation sites excluding steroid dienone is 4. The summed E-state index contributed by atoms with van der Waals surface area (Å²) < 4.78 is 39.3. The third-order valence-electron chi connectivity index (χ3n) is 8.53. The fraction of sp³-hybridized carbons (Fsp3) is 0.0571. The van der Waals surface area contributed by atoms with E-state index >= 15 is 8.78 Å². The van der Waals surface area contributed by atoms with Crippen LogP contribution >= 0.6 is 24.8 Å². The molecule has 40 heavy (non-hydrogen) atoms. The van der Waals surface area contributed by atoms with Crippen molar-refractivity contribution in [1.82, 2.24) is 0 Å². The van der Waals surface area contributed by atoms with Gasteiger partial charge in [-0.1, -0.05) is 0 Å². The zero-order valence-corrected chi connectivity index (χ0v) is 26.1. The Labute approximate surface area is 247 Å². The number of benzene rings is 4. The first-order valence-corrected chi connectivity index (χ1v) is 19.5. The van der Waals surface area contributed by atoms with Gasteiger partial charge in [0.25, 0.3) is 0 Å². The SMILES string of the molecule is C=Cc1ccc2c(c1)-c1cc(C=C)c[c]([Zr](=[CH2])([C]3=CC=CC3)([c]3cccc(F)c3)[c]3cccc(F)c3)c1C2.Cl.Cl. The van der Waals surface area contributed by atoms with Crippen molar-refractivity contribution in [1.29, 1.82) is 0 Å². The first-order valence-electron chi connectivity index (χ1n) is 12.8. The Morgan fingerprint density at radius 3 is 1.90 bits per heavy atom. The zero-order chi connectivity index (χ0) is 26.5. The second-order valence-electron chi connectivity index (χ2n) is 10.4. The summed E-state index contributed by atoms with van der Waals surface area (Å²) in [6.07, 6.45) is 11.5. The van der Waals surface area contributed by atoms with E-state index in [9.17, 15) is 0 Å². The van der Waals surface area contributed by atoms with Crippen LogP contribution in [0.25, 0.3) is 23.3 Å². The number of rotatable bonds is 6. The van der Waals surface area contributed by atoms with Crippen molar-refractivity contribution in [3.8, 4) is 11.1 Å². The van der Waals surface area contributed by atoms with Gasteiger partial charge in [-0.3, -0.25) is 0 Å². The molecule has 202 valence electrons. The molecule has 0 radical (unpaired) electrons. The molecule has 2 aliphatic carbocycles. The maximum absolute atomic E-state index is 15.1. The second kappa shape index (κ2) is 11.1. The van der Waals surface area contributed by atoms with E-state index in [-0.39, 0.29) is 36.4 Å². The fourth-order valence-electron chi connectivity index (χ4n) is 6.59. The van der Waals surface area contributed by atoms with Crippen LogP contribution in [-0.2, 0) is 24.7 Å². The average molecular weight is 651 g/mol. The Balaban J connectivity index is 0.00000185. The molecule has 0 aliphatic heterocycles. The van der Waals surface area contributed by atoms with E-state index in [0.29, 0.717) is 6.42 Å². The molecule has 4 aromatic carbocycles. The number of hydrogen-bond donors (Lipinski definition) is 0. The van der Waals surface area contributed by atoms with Crippen LogP contribution in [0.3, 0.4) is 0 Å². The van der Waals surface area contributed by atoms with E-state index in [1.165, 1.54) is 28.8 Å². The van der Waals surface area contributed by atoms with E-state index in [4.69, 9.17) is 4.21 Å². The largest absolute Gasteiger partial charge is 0.147 e. The van der Waals surface area contributed by atoms with Crippen molar-refractivity contribution >= 4 is 51.0 Å². The molecular weight excluding hydrogens is 621 g/mol. The van der Waals surface area contributed by atoms with Gasteiger partial charge in [0.15, 0.2) is 0 Å². The van der Waals surface area contributed by atoms with E-state index < -0.39 is 18.3 Å². The maximum Gasteiger partial charge on any atom is -0.147 e. The van der Waals surface area contributed by atoms with Crippen LogP contribution in [0.5, 0.6) is 0 Å². The van der Waals surface area contributed by atoms with Crippen molar-refractivity contribution in [3.05, 3.63) is 147 Å². The average Bonchev–Trinajstić information content (AvgIpc) is 3.61. The summed E-state index contributed by atoms with van der Waals surface area (Å²) in [5, 5.41) is 0. The Bertz CT molecular complexity index is 1750. The predicted molar refractivity (Wildman–Crippen MR) is 170 cm³/mol. The third kappa shape index (κ3) is 4.31. The molecule has 0 saturated heterocycles. The summed E-state index contributed by atoms with van der Waals surface area (Å²) in [4.78, 5) is 0. The molecule has 0 fully saturated rings. The molecule has 0 amide bonds. The minimum absolute atomic E-state index is 0. The van der Waals surface area contributed by atoms with Crippen molar-refractivity contribution in [2.24, 2.45) is 0 Å². The quantitative estimate of drug-likeness (QED) is 0.175. The second-order valence-corrected chi connectivity index (χ2v) is 23.3. The summed E-state index contributed by atoms with van der Waals surface area (Å²) in [6.45, 7) is 8.06. The van der Waals surface area contributed by atoms with Gasteiger partial charge in [-0.25, -0.2) is 0 Å². The summed E-state index contributed by atoms with van der Waals surface area (Å²) in [5.74, 6) is -0.630. The fourth-order valence-corrected chi connectivity index (χ4v) is 22.1. The Morgan fingerprint density at radius 2 is 1.35 bits per heavy atom. The molecule has 0 bridgehead atoms. The smallest absolute Gasteiger partial charge is 0.147 e. The number of halogens is 4. The van der Waals surface area contributed by atoms with Gasteiger partial charge in [0, 0.05) is 0 Å². The molecule has 0 spiro atoms. The van der Waals surface area contributed by atoms with Gasteiger partial charge >= 0.3 is 225 Å². The van der Waals surface area contributed by atoms with Crippen LogP contribution in [0.2, 0.25) is 0 Å². The van der Waals surface area contributed by atoms with Crippen LogP contribution in [0, 0.1) is 11.6 Å². The molecule has 0 atom stereocenters. The summed E-state index contributed by atoms with van der Waals surface area (Å²) in [6, 6.07) is 24.5. The summed E-state index contributed by atoms with van der Waals surface area (Å²) in [5.41, 5.74) is 6.75. The zero-order valence-electron chi connectivity index (χ0n) is 22.0. The molecule has 0 saturated carbocycles. The van der Waals surface area contributed by atoms with E-state index in [1.807, 2.05) is 24.3 Å². The monoisotopic (exact) mass is 648 g/mol. The normalized spacial score (nSPS) is 13.4. The van der Waals surface area contributed by atoms with Crippen LogP contribution in [-0.4, -0.2) is 4.21 Å². The molecule has 0 nitrogen and oxygen atoms in total. The Hall–Kier alpha value is -2.97. The molecule has 0 aromatic heterocycles. The first kappa shape index (κ1) is 30.0. The van der Waals surface area contributed by atoms with Gasteiger partial charge in [0.2, 0.25) is 0 Å². The van der Waals surface area contributed by atoms with Crippen LogP contribution < -0.4 is 9.81 Å². The maximum atomic E-state index is 15.1. The van der Waals surface area contributed by atoms with Crippen molar-refractivity contribution in [3.63, 3.8) is 0 Å². The summed E-state index contributed by atoms with van der Waals surface area (Å²) in [7, 11) is 0. The number of fused-ring (bicyclic) bond motifs is 3. The molecular formula is C35H30Cl2F2Zr. The number of hydrogen-bond acceptors (Lipinski definition) is 0. The van der Waals surface area contributed by atoms with Crippen LogP contribution in [0.1, 0.15) is 28.7 Å². The Morgan fingerprint density at radius 1 is 0.725 bits per heavy atom. The van der Waals surface area contributed by atoms with Gasteiger partial charge in [-0.15, -0.1) is 24.8 Å². The molecule has 5 heteroatoms. The standard InChI is InChI=1S/C17H13.2C6H4F.C5H5.CH2.2ClH.Zr/c1-3-12-5-7-14-11-15-8-6-13(4-2)10-17(15)16(14)9-12;2*7-6-4-2-1-3-5-6;1-2-4-5-3-1;;;;/h3-7,9-10H,1-2,11H2;2*1-2,4-5H;1-3H,4H2;1H2;2*1H;. The van der Waals surface area contributed by atoms with E-state index in [2.05, 4.69) is 61.7 Å². The molecule has 0 N–H and O–H groups in total. The van der Waals surface area contributed by atoms with E-state index in [0.717, 1.165) is 36.2 Å². The summed E-state index contributed by atoms with van der Waals surface area (Å²) >= 11 is -5.17.